The van der Waals surface area contributed by atoms with Crippen LogP contribution in [0.1, 0.15) is 5.56 Å². The van der Waals surface area contributed by atoms with Crippen molar-refractivity contribution in [2.24, 2.45) is 11.7 Å². The van der Waals surface area contributed by atoms with Crippen LogP contribution in [0, 0.1) is 5.92 Å². The lowest BCUT2D eigenvalue weighted by Gasteiger charge is -2.44. The van der Waals surface area contributed by atoms with E-state index in [1.807, 2.05) is 12.1 Å². The molecule has 0 amide bonds. The van der Waals surface area contributed by atoms with Crippen molar-refractivity contribution in [3.63, 3.8) is 0 Å². The molecule has 1 fully saturated rings. The van der Waals surface area contributed by atoms with Gasteiger partial charge in [0.25, 0.3) is 0 Å². The molecule has 5 nitrogen and oxygen atoms in total. The zero-order valence-electron chi connectivity index (χ0n) is 13.2. The topological polar surface area (TPSA) is 78.6 Å². The molecule has 0 aromatic heterocycles. The number of hydrogen-bond acceptors (Lipinski definition) is 6. The van der Waals surface area contributed by atoms with E-state index in [9.17, 15) is 9.59 Å². The standard InChI is InChI=1S/C17H18ClNO4S/c1-22-11-4-2-9(3-5-11)7-23-17(21)12-10(6-18)8-24-16-13(12)15(20)14(16)19/h2-5,13-14,16H,6-8,19H2,1H3/t13?,14-,16+/m1/s1. The van der Waals surface area contributed by atoms with Crippen LogP contribution in [0.5, 0.6) is 5.75 Å². The highest BCUT2D eigenvalue weighted by Gasteiger charge is 2.54. The molecule has 0 spiro atoms. The van der Waals surface area contributed by atoms with Crippen molar-refractivity contribution in [1.82, 2.24) is 0 Å². The minimum Gasteiger partial charge on any atom is -0.497 e. The van der Waals surface area contributed by atoms with Crippen LogP contribution < -0.4 is 10.5 Å². The molecule has 24 heavy (non-hydrogen) atoms. The predicted molar refractivity (Wildman–Crippen MR) is 93.3 cm³/mol. The Morgan fingerprint density at radius 3 is 2.71 bits per heavy atom. The minimum atomic E-state index is -0.499. The van der Waals surface area contributed by atoms with Crippen LogP contribution in [0.2, 0.25) is 0 Å². The van der Waals surface area contributed by atoms with Gasteiger partial charge in [0, 0.05) is 16.9 Å². The molecule has 1 aromatic rings. The first-order valence-electron chi connectivity index (χ1n) is 7.55. The number of methoxy groups -OCH3 is 1. The molecule has 1 aliphatic heterocycles. The highest BCUT2D eigenvalue weighted by Crippen LogP contribution is 2.45. The Kier molecular flexibility index (Phi) is 5.18. The highest BCUT2D eigenvalue weighted by molar-refractivity contribution is 8.00. The van der Waals surface area contributed by atoms with E-state index in [1.165, 1.54) is 0 Å². The zero-order valence-corrected chi connectivity index (χ0v) is 14.7. The Bertz CT molecular complexity index is 688. The van der Waals surface area contributed by atoms with Gasteiger partial charge in [-0.2, -0.15) is 11.8 Å². The fraction of sp³-hybridized carbons (Fsp3) is 0.412. The number of carbonyl (C=O) groups is 2. The van der Waals surface area contributed by atoms with Crippen LogP contribution >= 0.6 is 23.4 Å². The lowest BCUT2D eigenvalue weighted by Crippen LogP contribution is -2.62. The molecule has 1 unspecified atom stereocenters. The number of rotatable bonds is 5. The summed E-state index contributed by atoms with van der Waals surface area (Å²) in [6, 6.07) is 6.75. The number of esters is 1. The summed E-state index contributed by atoms with van der Waals surface area (Å²) in [5, 5.41) is -0.0481. The molecule has 0 radical (unpaired) electrons. The second-order valence-corrected chi connectivity index (χ2v) is 7.19. The van der Waals surface area contributed by atoms with E-state index >= 15 is 0 Å². The molecule has 1 heterocycles. The van der Waals surface area contributed by atoms with Crippen molar-refractivity contribution in [1.29, 1.82) is 0 Å². The van der Waals surface area contributed by atoms with E-state index in [0.717, 1.165) is 16.9 Å². The van der Waals surface area contributed by atoms with Crippen molar-refractivity contribution in [2.75, 3.05) is 18.7 Å². The van der Waals surface area contributed by atoms with Crippen LogP contribution in [0.4, 0.5) is 0 Å². The van der Waals surface area contributed by atoms with Gasteiger partial charge in [0.2, 0.25) is 0 Å². The van der Waals surface area contributed by atoms with E-state index in [1.54, 1.807) is 31.0 Å². The van der Waals surface area contributed by atoms with Crippen LogP contribution in [-0.4, -0.2) is 41.8 Å². The molecular formula is C17H18ClNO4S. The van der Waals surface area contributed by atoms with Gasteiger partial charge in [0.05, 0.1) is 24.6 Å². The smallest absolute Gasteiger partial charge is 0.335 e. The first kappa shape index (κ1) is 17.3. The van der Waals surface area contributed by atoms with Gasteiger partial charge in [-0.3, -0.25) is 4.79 Å². The Labute approximate surface area is 149 Å². The van der Waals surface area contributed by atoms with E-state index in [-0.39, 0.29) is 23.5 Å². The number of benzene rings is 1. The first-order valence-corrected chi connectivity index (χ1v) is 9.14. The second kappa shape index (κ2) is 7.17. The van der Waals surface area contributed by atoms with E-state index in [4.69, 9.17) is 26.8 Å². The molecule has 3 rings (SSSR count). The third-order valence-electron chi connectivity index (χ3n) is 4.37. The summed E-state index contributed by atoms with van der Waals surface area (Å²) in [5.74, 6) is 0.502. The van der Waals surface area contributed by atoms with E-state index < -0.39 is 17.9 Å². The summed E-state index contributed by atoms with van der Waals surface area (Å²) in [4.78, 5) is 24.6. The third-order valence-corrected chi connectivity index (χ3v) is 6.16. The summed E-state index contributed by atoms with van der Waals surface area (Å²) < 4.78 is 10.5. The monoisotopic (exact) mass is 367 g/mol. The van der Waals surface area contributed by atoms with Crippen LogP contribution in [-0.2, 0) is 20.9 Å². The lowest BCUT2D eigenvalue weighted by molar-refractivity contribution is -0.143. The number of thioether (sulfide) groups is 1. The number of fused-ring (bicyclic) bond motifs is 1. The molecule has 0 bridgehead atoms. The minimum absolute atomic E-state index is 0.0481. The Morgan fingerprint density at radius 1 is 1.38 bits per heavy atom. The number of ketones is 1. The van der Waals surface area contributed by atoms with Gasteiger partial charge in [-0.15, -0.1) is 11.6 Å². The Balaban J connectivity index is 1.72. The molecule has 1 aliphatic carbocycles. The zero-order chi connectivity index (χ0) is 17.3. The van der Waals surface area contributed by atoms with Gasteiger partial charge in [0.15, 0.2) is 5.78 Å². The average Bonchev–Trinajstić information content (AvgIpc) is 2.64. The summed E-state index contributed by atoms with van der Waals surface area (Å²) in [6.07, 6.45) is 0. The van der Waals surface area contributed by atoms with Gasteiger partial charge >= 0.3 is 5.97 Å². The molecule has 1 saturated carbocycles. The van der Waals surface area contributed by atoms with E-state index in [2.05, 4.69) is 0 Å². The molecule has 2 aliphatic rings. The number of ether oxygens (including phenoxy) is 2. The maximum Gasteiger partial charge on any atom is 0.335 e. The summed E-state index contributed by atoms with van der Waals surface area (Å²) in [5.41, 5.74) is 7.85. The normalized spacial score (nSPS) is 25.8. The van der Waals surface area contributed by atoms with Crippen LogP contribution in [0.25, 0.3) is 0 Å². The van der Waals surface area contributed by atoms with Crippen LogP contribution in [0.3, 0.4) is 0 Å². The quantitative estimate of drug-likeness (QED) is 0.632. The Morgan fingerprint density at radius 2 is 2.08 bits per heavy atom. The average molecular weight is 368 g/mol. The summed E-state index contributed by atoms with van der Waals surface area (Å²) in [6.45, 7) is 0.132. The molecular weight excluding hydrogens is 350 g/mol. The summed E-state index contributed by atoms with van der Waals surface area (Å²) in [7, 11) is 1.59. The van der Waals surface area contributed by atoms with Gasteiger partial charge in [0.1, 0.15) is 12.4 Å². The van der Waals surface area contributed by atoms with Gasteiger partial charge in [-0.05, 0) is 23.3 Å². The number of carbonyl (C=O) groups excluding carboxylic acids is 2. The number of Topliss-reactive ketones (excluding diaryl/α,β-unsaturated/α-hetero) is 1. The van der Waals surface area contributed by atoms with Crippen molar-refractivity contribution < 1.29 is 19.1 Å². The second-order valence-electron chi connectivity index (χ2n) is 5.76. The number of hydrogen-bond donors (Lipinski definition) is 1. The number of nitrogens with two attached hydrogens (primary N) is 1. The molecule has 0 saturated heterocycles. The summed E-state index contributed by atoms with van der Waals surface area (Å²) >= 11 is 7.54. The van der Waals surface area contributed by atoms with Crippen molar-refractivity contribution in [2.45, 2.75) is 17.9 Å². The van der Waals surface area contributed by atoms with Crippen molar-refractivity contribution in [3.8, 4) is 5.75 Å². The fourth-order valence-electron chi connectivity index (χ4n) is 2.95. The molecule has 128 valence electrons. The number of halogens is 1. The molecule has 1 aromatic carbocycles. The number of alkyl halides is 1. The SMILES string of the molecule is COc1ccc(COC(=O)C2=C(CCl)CS[C@H]3C2C(=O)[C@H]3N)cc1. The molecule has 7 heteroatoms. The van der Waals surface area contributed by atoms with Crippen molar-refractivity contribution in [3.05, 3.63) is 41.0 Å². The fourth-order valence-corrected chi connectivity index (χ4v) is 4.76. The molecule has 3 atom stereocenters. The van der Waals surface area contributed by atoms with Gasteiger partial charge < -0.3 is 15.2 Å². The van der Waals surface area contributed by atoms with Gasteiger partial charge in [-0.25, -0.2) is 4.79 Å². The first-order chi connectivity index (χ1) is 11.6. The van der Waals surface area contributed by atoms with Crippen LogP contribution in [0.15, 0.2) is 35.4 Å². The highest BCUT2D eigenvalue weighted by atomic mass is 35.5. The molecule has 2 N–H and O–H groups in total. The maximum atomic E-state index is 12.5. The maximum absolute atomic E-state index is 12.5. The van der Waals surface area contributed by atoms with Gasteiger partial charge in [-0.1, -0.05) is 12.1 Å². The lowest BCUT2D eigenvalue weighted by atomic mass is 9.72. The third kappa shape index (κ3) is 3.06. The van der Waals surface area contributed by atoms with E-state index in [0.29, 0.717) is 11.3 Å². The van der Waals surface area contributed by atoms with Crippen molar-refractivity contribution >= 4 is 35.1 Å². The predicted octanol–water partition coefficient (Wildman–Crippen LogP) is 1.92. The Hall–Kier alpha value is -1.50. The largest absolute Gasteiger partial charge is 0.497 e.